The highest BCUT2D eigenvalue weighted by Crippen LogP contribution is 2.29. The van der Waals surface area contributed by atoms with E-state index in [0.29, 0.717) is 0 Å². The highest BCUT2D eigenvalue weighted by Gasteiger charge is 2.13. The Morgan fingerprint density at radius 1 is 0.722 bits per heavy atom. The molecule has 1 N–H and O–H groups in total. The Balaban J connectivity index is 1.40. The third-order valence-corrected chi connectivity index (χ3v) is 6.41. The van der Waals surface area contributed by atoms with E-state index in [0.717, 1.165) is 86.1 Å². The van der Waals surface area contributed by atoms with Gasteiger partial charge in [-0.05, 0) is 53.1 Å². The lowest BCUT2D eigenvalue weighted by Crippen LogP contribution is -2.35. The van der Waals surface area contributed by atoms with Crippen molar-refractivity contribution in [2.45, 2.75) is 6.54 Å². The zero-order valence-electron chi connectivity index (χ0n) is 20.3. The number of nitrogens with one attached hydrogen (secondary N) is 1. The Morgan fingerprint density at radius 2 is 1.39 bits per heavy atom. The van der Waals surface area contributed by atoms with E-state index in [2.05, 4.69) is 56.6 Å². The first-order valence-corrected chi connectivity index (χ1v) is 12.3. The summed E-state index contributed by atoms with van der Waals surface area (Å²) in [7, 11) is 0. The van der Waals surface area contributed by atoms with Gasteiger partial charge in [0.15, 0.2) is 0 Å². The maximum Gasteiger partial charge on any atom is 0.209 e. The Hall–Kier alpha value is -3.94. The number of hydrogen-bond acceptors (Lipinski definition) is 6. The molecule has 0 unspecified atom stereocenters. The molecule has 1 aromatic carbocycles. The second kappa shape index (κ2) is 11.7. The van der Waals surface area contributed by atoms with Gasteiger partial charge in [0.05, 0.1) is 22.8 Å². The van der Waals surface area contributed by atoms with Crippen LogP contribution in [-0.4, -0.2) is 70.4 Å². The Morgan fingerprint density at radius 3 is 2.00 bits per heavy atom. The predicted molar refractivity (Wildman–Crippen MR) is 142 cm³/mol. The van der Waals surface area contributed by atoms with Crippen molar-refractivity contribution in [3.63, 3.8) is 0 Å². The van der Waals surface area contributed by atoms with Crippen LogP contribution in [0.4, 0.5) is 0 Å². The summed E-state index contributed by atoms with van der Waals surface area (Å²) in [5.74, 6) is 0. The number of nitrogens with zero attached hydrogens (tertiary/aromatic N) is 5. The van der Waals surface area contributed by atoms with Crippen molar-refractivity contribution in [3.8, 4) is 33.9 Å². The summed E-state index contributed by atoms with van der Waals surface area (Å²) in [6.07, 6.45) is 4.53. The van der Waals surface area contributed by atoms with Crippen LogP contribution in [0, 0.1) is 0 Å². The largest absolute Gasteiger partial charge is 0.343 e. The zero-order valence-corrected chi connectivity index (χ0v) is 20.3. The molecule has 1 saturated heterocycles. The summed E-state index contributed by atoms with van der Waals surface area (Å²) in [5.41, 5.74) is 6.75. The van der Waals surface area contributed by atoms with E-state index in [1.165, 1.54) is 5.56 Å². The van der Waals surface area contributed by atoms with E-state index in [1.807, 2.05) is 41.3 Å². The van der Waals surface area contributed by atoms with Crippen LogP contribution < -0.4 is 5.32 Å². The monoisotopic (exact) mass is 478 g/mol. The smallest absolute Gasteiger partial charge is 0.209 e. The first-order chi connectivity index (χ1) is 17.8. The van der Waals surface area contributed by atoms with E-state index in [-0.39, 0.29) is 0 Å². The lowest BCUT2D eigenvalue weighted by Gasteiger charge is -2.23. The zero-order chi connectivity index (χ0) is 24.6. The van der Waals surface area contributed by atoms with E-state index in [9.17, 15) is 4.79 Å². The van der Waals surface area contributed by atoms with Crippen molar-refractivity contribution in [2.75, 3.05) is 39.3 Å². The van der Waals surface area contributed by atoms with Crippen molar-refractivity contribution in [1.82, 2.24) is 30.1 Å². The molecule has 7 nitrogen and oxygen atoms in total. The van der Waals surface area contributed by atoms with Crippen LogP contribution in [0.15, 0.2) is 85.2 Å². The fourth-order valence-corrected chi connectivity index (χ4v) is 4.39. The second-order valence-electron chi connectivity index (χ2n) is 8.92. The van der Waals surface area contributed by atoms with Gasteiger partial charge in [-0.1, -0.05) is 36.4 Å². The van der Waals surface area contributed by atoms with Gasteiger partial charge in [0.2, 0.25) is 6.41 Å². The molecule has 4 aromatic rings. The standard InChI is InChI=1S/C29H30N6O/c36-22-35-16-14-30-13-15-34(17-18-35)21-23-7-9-24(10-8-23)25-19-28(26-5-1-3-11-31-26)33-29(20-25)27-6-2-4-12-32-27/h1-12,19-20,22,30H,13-18,21H2. The number of hydrogen-bond donors (Lipinski definition) is 1. The van der Waals surface area contributed by atoms with Crippen LogP contribution in [0.5, 0.6) is 0 Å². The SMILES string of the molecule is O=CN1CCNCCN(Cc2ccc(-c3cc(-c4ccccn4)nc(-c4ccccn4)c3)cc2)CC1. The number of carbonyl (C=O) groups is 1. The molecular weight excluding hydrogens is 448 g/mol. The molecule has 0 spiro atoms. The van der Waals surface area contributed by atoms with Gasteiger partial charge in [-0.15, -0.1) is 0 Å². The fourth-order valence-electron chi connectivity index (χ4n) is 4.39. The van der Waals surface area contributed by atoms with Gasteiger partial charge < -0.3 is 10.2 Å². The maximum atomic E-state index is 11.3. The molecule has 0 saturated carbocycles. The average molecular weight is 479 g/mol. The number of benzene rings is 1. The number of amides is 1. The van der Waals surface area contributed by atoms with E-state index in [1.54, 1.807) is 12.4 Å². The molecule has 1 amide bonds. The number of rotatable bonds is 6. The third-order valence-electron chi connectivity index (χ3n) is 6.41. The molecule has 1 aliphatic heterocycles. The Labute approximate surface area is 211 Å². The minimum Gasteiger partial charge on any atom is -0.343 e. The molecule has 0 radical (unpaired) electrons. The van der Waals surface area contributed by atoms with Crippen LogP contribution in [0.25, 0.3) is 33.9 Å². The molecule has 0 bridgehead atoms. The molecule has 1 aliphatic rings. The Kier molecular flexibility index (Phi) is 7.70. The first kappa shape index (κ1) is 23.8. The first-order valence-electron chi connectivity index (χ1n) is 12.3. The van der Waals surface area contributed by atoms with Gasteiger partial charge >= 0.3 is 0 Å². The fraction of sp³-hybridized carbons (Fsp3) is 0.241. The highest BCUT2D eigenvalue weighted by molar-refractivity contribution is 5.74. The molecule has 7 heteroatoms. The minimum absolute atomic E-state index is 0.757. The summed E-state index contributed by atoms with van der Waals surface area (Å²) >= 11 is 0. The minimum atomic E-state index is 0.757. The molecular formula is C29H30N6O. The van der Waals surface area contributed by atoms with E-state index >= 15 is 0 Å². The van der Waals surface area contributed by atoms with Crippen LogP contribution >= 0.6 is 0 Å². The second-order valence-corrected chi connectivity index (χ2v) is 8.92. The maximum absolute atomic E-state index is 11.3. The van der Waals surface area contributed by atoms with Crippen molar-refractivity contribution >= 4 is 6.41 Å². The van der Waals surface area contributed by atoms with Gasteiger partial charge in [0.1, 0.15) is 0 Å². The van der Waals surface area contributed by atoms with Crippen molar-refractivity contribution < 1.29 is 4.79 Å². The van der Waals surface area contributed by atoms with E-state index < -0.39 is 0 Å². The number of pyridine rings is 3. The Bertz CT molecular complexity index is 1210. The normalized spacial score (nSPS) is 15.1. The number of aromatic nitrogens is 3. The third kappa shape index (κ3) is 6.00. The number of carbonyl (C=O) groups excluding carboxylic acids is 1. The van der Waals surface area contributed by atoms with Gasteiger partial charge in [-0.25, -0.2) is 4.98 Å². The summed E-state index contributed by atoms with van der Waals surface area (Å²) in [4.78, 5) is 29.4. The van der Waals surface area contributed by atoms with Crippen LogP contribution in [-0.2, 0) is 11.3 Å². The van der Waals surface area contributed by atoms with Gasteiger partial charge in [-0.3, -0.25) is 19.7 Å². The van der Waals surface area contributed by atoms with Gasteiger partial charge in [0.25, 0.3) is 0 Å². The summed E-state index contributed by atoms with van der Waals surface area (Å²) < 4.78 is 0. The van der Waals surface area contributed by atoms with Crippen molar-refractivity contribution in [1.29, 1.82) is 0 Å². The average Bonchev–Trinajstić information content (AvgIpc) is 3.06. The van der Waals surface area contributed by atoms with Crippen molar-refractivity contribution in [3.05, 3.63) is 90.8 Å². The highest BCUT2D eigenvalue weighted by atomic mass is 16.1. The quantitative estimate of drug-likeness (QED) is 0.426. The molecule has 1 fully saturated rings. The van der Waals surface area contributed by atoms with Crippen molar-refractivity contribution in [2.24, 2.45) is 0 Å². The molecule has 0 aliphatic carbocycles. The van der Waals surface area contributed by atoms with Crippen LogP contribution in [0.1, 0.15) is 5.56 Å². The van der Waals surface area contributed by atoms with E-state index in [4.69, 9.17) is 4.98 Å². The van der Waals surface area contributed by atoms with Gasteiger partial charge in [0, 0.05) is 58.2 Å². The topological polar surface area (TPSA) is 74.2 Å². The molecule has 0 atom stereocenters. The molecule has 5 rings (SSSR count). The molecule has 3 aromatic heterocycles. The molecule has 182 valence electrons. The van der Waals surface area contributed by atoms with Crippen LogP contribution in [0.3, 0.4) is 0 Å². The lowest BCUT2D eigenvalue weighted by atomic mass is 10.0. The molecule has 4 heterocycles. The summed E-state index contributed by atoms with van der Waals surface area (Å²) in [6, 6.07) is 24.6. The summed E-state index contributed by atoms with van der Waals surface area (Å²) in [6.45, 7) is 5.96. The summed E-state index contributed by atoms with van der Waals surface area (Å²) in [5, 5.41) is 3.42. The van der Waals surface area contributed by atoms with Crippen LogP contribution in [0.2, 0.25) is 0 Å². The van der Waals surface area contributed by atoms with Gasteiger partial charge in [-0.2, -0.15) is 0 Å². The lowest BCUT2D eigenvalue weighted by molar-refractivity contribution is -0.118. The molecule has 36 heavy (non-hydrogen) atoms. The predicted octanol–water partition coefficient (Wildman–Crippen LogP) is 3.74.